The quantitative estimate of drug-likeness (QED) is 0.667. The van der Waals surface area contributed by atoms with Crippen molar-refractivity contribution in [3.63, 3.8) is 0 Å². The second kappa shape index (κ2) is 7.11. The number of aromatic nitrogens is 2. The van der Waals surface area contributed by atoms with Crippen LogP contribution in [0.3, 0.4) is 0 Å². The lowest BCUT2D eigenvalue weighted by molar-refractivity contribution is 0.0472. The maximum atomic E-state index is 12.1. The van der Waals surface area contributed by atoms with Crippen molar-refractivity contribution in [1.29, 1.82) is 0 Å². The molecule has 0 atom stereocenters. The Morgan fingerprint density at radius 2 is 1.87 bits per heavy atom. The highest BCUT2D eigenvalue weighted by molar-refractivity contribution is 6.30. The molecule has 0 aliphatic rings. The van der Waals surface area contributed by atoms with Gasteiger partial charge in [-0.05, 0) is 23.3 Å². The molecule has 0 spiro atoms. The van der Waals surface area contributed by atoms with Gasteiger partial charge in [-0.1, -0.05) is 54.1 Å². The van der Waals surface area contributed by atoms with Crippen molar-refractivity contribution in [1.82, 2.24) is 9.78 Å². The summed E-state index contributed by atoms with van der Waals surface area (Å²) in [5, 5.41) is 4.82. The normalized spacial score (nSPS) is 10.5. The smallest absolute Gasteiger partial charge is 0.341 e. The molecule has 5 heteroatoms. The Hall–Kier alpha value is -2.59. The predicted octanol–water partition coefficient (Wildman–Crippen LogP) is 3.94. The number of hydrogen-bond donors (Lipinski definition) is 0. The lowest BCUT2D eigenvalue weighted by atomic mass is 10.2. The number of rotatable bonds is 5. The average molecular weight is 327 g/mol. The molecular weight excluding hydrogens is 312 g/mol. The van der Waals surface area contributed by atoms with E-state index in [2.05, 4.69) is 5.10 Å². The first kappa shape index (κ1) is 15.3. The van der Waals surface area contributed by atoms with Gasteiger partial charge in [0.1, 0.15) is 6.61 Å². The van der Waals surface area contributed by atoms with Gasteiger partial charge in [0.25, 0.3) is 0 Å². The number of esters is 1. The standard InChI is InChI=1S/C18H15ClN2O2/c19-17-8-4-7-15(9-17)13-23-18(22)16-10-20-21(12-16)11-14-5-2-1-3-6-14/h1-10,12H,11,13H2. The van der Waals surface area contributed by atoms with Crippen LogP contribution in [0.15, 0.2) is 67.0 Å². The summed E-state index contributed by atoms with van der Waals surface area (Å²) in [6, 6.07) is 17.2. The van der Waals surface area contributed by atoms with Crippen molar-refractivity contribution in [3.8, 4) is 0 Å². The second-order valence-corrected chi connectivity index (χ2v) is 5.55. The molecule has 1 heterocycles. The van der Waals surface area contributed by atoms with E-state index < -0.39 is 5.97 Å². The van der Waals surface area contributed by atoms with Gasteiger partial charge >= 0.3 is 5.97 Å². The molecule has 0 radical (unpaired) electrons. The first-order chi connectivity index (χ1) is 11.2. The van der Waals surface area contributed by atoms with Crippen molar-refractivity contribution in [2.24, 2.45) is 0 Å². The maximum Gasteiger partial charge on any atom is 0.341 e. The molecule has 0 aliphatic heterocycles. The van der Waals surface area contributed by atoms with Gasteiger partial charge in [-0.25, -0.2) is 4.79 Å². The van der Waals surface area contributed by atoms with Crippen molar-refractivity contribution >= 4 is 17.6 Å². The molecule has 0 fully saturated rings. The van der Waals surface area contributed by atoms with Gasteiger partial charge < -0.3 is 4.74 Å². The molecule has 3 rings (SSSR count). The molecular formula is C18H15ClN2O2. The Bertz CT molecular complexity index is 800. The lowest BCUT2D eigenvalue weighted by Gasteiger charge is -2.04. The van der Waals surface area contributed by atoms with E-state index in [1.54, 1.807) is 23.0 Å². The first-order valence-electron chi connectivity index (χ1n) is 7.19. The number of hydrogen-bond acceptors (Lipinski definition) is 3. The van der Waals surface area contributed by atoms with Crippen molar-refractivity contribution in [3.05, 3.63) is 88.7 Å². The fraction of sp³-hybridized carbons (Fsp3) is 0.111. The van der Waals surface area contributed by atoms with E-state index >= 15 is 0 Å². The van der Waals surface area contributed by atoms with Crippen molar-refractivity contribution in [2.75, 3.05) is 0 Å². The van der Waals surface area contributed by atoms with Crippen LogP contribution in [0.2, 0.25) is 5.02 Å². The minimum Gasteiger partial charge on any atom is -0.457 e. The zero-order valence-electron chi connectivity index (χ0n) is 12.4. The third kappa shape index (κ3) is 4.20. The third-order valence-corrected chi connectivity index (χ3v) is 3.55. The highest BCUT2D eigenvalue weighted by atomic mass is 35.5. The zero-order valence-corrected chi connectivity index (χ0v) is 13.1. The van der Waals surface area contributed by atoms with Crippen LogP contribution in [0.4, 0.5) is 0 Å². The van der Waals surface area contributed by atoms with Crippen LogP contribution in [0, 0.1) is 0 Å². The first-order valence-corrected chi connectivity index (χ1v) is 7.56. The molecule has 0 saturated carbocycles. The number of halogens is 1. The van der Waals surface area contributed by atoms with Crippen molar-refractivity contribution in [2.45, 2.75) is 13.2 Å². The fourth-order valence-corrected chi connectivity index (χ4v) is 2.40. The summed E-state index contributed by atoms with van der Waals surface area (Å²) < 4.78 is 7.00. The van der Waals surface area contributed by atoms with E-state index in [1.807, 2.05) is 42.5 Å². The molecule has 116 valence electrons. The summed E-state index contributed by atoms with van der Waals surface area (Å²) in [4.78, 5) is 12.1. The highest BCUT2D eigenvalue weighted by Gasteiger charge is 2.10. The summed E-state index contributed by atoms with van der Waals surface area (Å²) in [7, 11) is 0. The van der Waals surface area contributed by atoms with E-state index in [9.17, 15) is 4.79 Å². The molecule has 0 amide bonds. The third-order valence-electron chi connectivity index (χ3n) is 3.32. The van der Waals surface area contributed by atoms with Crippen LogP contribution in [-0.4, -0.2) is 15.7 Å². The minimum absolute atomic E-state index is 0.184. The summed E-state index contributed by atoms with van der Waals surface area (Å²) in [5.74, 6) is -0.399. The van der Waals surface area contributed by atoms with Crippen LogP contribution in [0.5, 0.6) is 0 Å². The predicted molar refractivity (Wildman–Crippen MR) is 88.3 cm³/mol. The number of carbonyl (C=O) groups excluding carboxylic acids is 1. The number of nitrogens with zero attached hydrogens (tertiary/aromatic N) is 2. The molecule has 2 aromatic carbocycles. The number of carbonyl (C=O) groups is 1. The van der Waals surface area contributed by atoms with E-state index in [0.29, 0.717) is 17.1 Å². The Kier molecular flexibility index (Phi) is 4.74. The van der Waals surface area contributed by atoms with Gasteiger partial charge in [-0.15, -0.1) is 0 Å². The topological polar surface area (TPSA) is 44.1 Å². The van der Waals surface area contributed by atoms with Gasteiger partial charge in [-0.3, -0.25) is 4.68 Å². The average Bonchev–Trinajstić information content (AvgIpc) is 3.02. The summed E-state index contributed by atoms with van der Waals surface area (Å²) in [5.41, 5.74) is 2.40. The summed E-state index contributed by atoms with van der Waals surface area (Å²) in [6.07, 6.45) is 3.20. The van der Waals surface area contributed by atoms with Crippen molar-refractivity contribution < 1.29 is 9.53 Å². The summed E-state index contributed by atoms with van der Waals surface area (Å²) in [6.45, 7) is 0.797. The minimum atomic E-state index is -0.399. The molecule has 3 aromatic rings. The Labute approximate surface area is 139 Å². The van der Waals surface area contributed by atoms with Gasteiger partial charge in [0, 0.05) is 11.2 Å². The van der Waals surface area contributed by atoms with E-state index in [-0.39, 0.29) is 6.61 Å². The van der Waals surface area contributed by atoms with Gasteiger partial charge in [0.15, 0.2) is 0 Å². The molecule has 0 bridgehead atoms. The van der Waals surface area contributed by atoms with Crippen LogP contribution in [0.25, 0.3) is 0 Å². The van der Waals surface area contributed by atoms with Gasteiger partial charge in [0.05, 0.1) is 18.3 Å². The fourth-order valence-electron chi connectivity index (χ4n) is 2.18. The molecule has 23 heavy (non-hydrogen) atoms. The Morgan fingerprint density at radius 1 is 1.09 bits per heavy atom. The summed E-state index contributed by atoms with van der Waals surface area (Å²) >= 11 is 5.90. The SMILES string of the molecule is O=C(OCc1cccc(Cl)c1)c1cnn(Cc2ccccc2)c1. The monoisotopic (exact) mass is 326 g/mol. The number of benzene rings is 2. The number of ether oxygens (including phenoxy) is 1. The van der Waals surface area contributed by atoms with Crippen LogP contribution in [0.1, 0.15) is 21.5 Å². The second-order valence-electron chi connectivity index (χ2n) is 5.12. The largest absolute Gasteiger partial charge is 0.457 e. The Morgan fingerprint density at radius 3 is 2.65 bits per heavy atom. The lowest BCUT2D eigenvalue weighted by Crippen LogP contribution is -2.04. The highest BCUT2D eigenvalue weighted by Crippen LogP contribution is 2.12. The molecule has 0 aliphatic carbocycles. The molecule has 0 unspecified atom stereocenters. The van der Waals surface area contributed by atoms with E-state index in [4.69, 9.17) is 16.3 Å². The zero-order chi connectivity index (χ0) is 16.1. The van der Waals surface area contributed by atoms with Crippen LogP contribution in [-0.2, 0) is 17.9 Å². The van der Waals surface area contributed by atoms with Crippen LogP contribution < -0.4 is 0 Å². The maximum absolute atomic E-state index is 12.1. The molecule has 4 nitrogen and oxygen atoms in total. The van der Waals surface area contributed by atoms with Crippen LogP contribution >= 0.6 is 11.6 Å². The Balaban J connectivity index is 1.60. The molecule has 0 N–H and O–H groups in total. The van der Waals surface area contributed by atoms with E-state index in [1.165, 1.54) is 6.20 Å². The van der Waals surface area contributed by atoms with Gasteiger partial charge in [0.2, 0.25) is 0 Å². The van der Waals surface area contributed by atoms with Gasteiger partial charge in [-0.2, -0.15) is 5.10 Å². The van der Waals surface area contributed by atoms with E-state index in [0.717, 1.165) is 11.1 Å². The molecule has 0 saturated heterocycles. The molecule has 1 aromatic heterocycles.